The molecule has 2 aromatic rings. The second-order valence-electron chi connectivity index (χ2n) is 3.58. The lowest BCUT2D eigenvalue weighted by Gasteiger charge is -1.97. The Labute approximate surface area is 112 Å². The number of imidazole rings is 1. The van der Waals surface area contributed by atoms with Crippen LogP contribution in [0.2, 0.25) is 0 Å². The van der Waals surface area contributed by atoms with Gasteiger partial charge in [-0.3, -0.25) is 4.57 Å². The van der Waals surface area contributed by atoms with Gasteiger partial charge in [-0.2, -0.15) is 9.98 Å². The monoisotopic (exact) mass is 279 g/mol. The third kappa shape index (κ3) is 2.98. The van der Waals surface area contributed by atoms with Crippen LogP contribution in [0.1, 0.15) is 5.82 Å². The molecule has 19 heavy (non-hydrogen) atoms. The molecule has 0 unspecified atom stereocenters. The van der Waals surface area contributed by atoms with E-state index in [2.05, 4.69) is 20.0 Å². The van der Waals surface area contributed by atoms with Crippen LogP contribution < -0.4 is 22.9 Å². The second-order valence-corrected chi connectivity index (χ2v) is 4.41. The Kier molecular flexibility index (Phi) is 3.33. The van der Waals surface area contributed by atoms with Crippen LogP contribution in [0.5, 0.6) is 0 Å². The van der Waals surface area contributed by atoms with Gasteiger partial charge < -0.3 is 22.9 Å². The zero-order valence-electron chi connectivity index (χ0n) is 10.1. The minimum absolute atomic E-state index is 0.0375. The number of nitrogens with zero attached hydrogens (tertiary/aromatic N) is 5. The third-order valence-corrected chi connectivity index (χ3v) is 2.79. The predicted octanol–water partition coefficient (Wildman–Crippen LogP) is -0.553. The lowest BCUT2D eigenvalue weighted by atomic mass is 10.6. The summed E-state index contributed by atoms with van der Waals surface area (Å²) >= 11 is 1.31. The fraction of sp³-hybridized carbons (Fsp3) is 0.111. The van der Waals surface area contributed by atoms with E-state index in [1.165, 1.54) is 11.3 Å². The van der Waals surface area contributed by atoms with Crippen molar-refractivity contribution in [3.05, 3.63) is 17.4 Å². The maximum absolute atomic E-state index is 5.30. The van der Waals surface area contributed by atoms with Gasteiger partial charge in [-0.15, -0.1) is 11.3 Å². The Morgan fingerprint density at radius 3 is 2.47 bits per heavy atom. The van der Waals surface area contributed by atoms with Crippen LogP contribution in [-0.4, -0.2) is 26.5 Å². The lowest BCUT2D eigenvalue weighted by Crippen LogP contribution is -2.21. The number of aliphatic imine (C=N–C) groups is 2. The average molecular weight is 279 g/mol. The number of hydrogen-bond donors (Lipinski definition) is 4. The van der Waals surface area contributed by atoms with Gasteiger partial charge in [0.15, 0.2) is 23.6 Å². The molecule has 2 heterocycles. The van der Waals surface area contributed by atoms with Gasteiger partial charge in [0.2, 0.25) is 5.13 Å². The predicted molar refractivity (Wildman–Crippen MR) is 74.9 cm³/mol. The van der Waals surface area contributed by atoms with E-state index < -0.39 is 0 Å². The summed E-state index contributed by atoms with van der Waals surface area (Å²) in [6, 6.07) is 0. The minimum atomic E-state index is -0.0517. The van der Waals surface area contributed by atoms with Gasteiger partial charge in [0.25, 0.3) is 0 Å². The van der Waals surface area contributed by atoms with Crippen molar-refractivity contribution in [2.24, 2.45) is 32.9 Å². The highest BCUT2D eigenvalue weighted by molar-refractivity contribution is 7.13. The molecule has 0 amide bonds. The summed E-state index contributed by atoms with van der Waals surface area (Å²) in [5.41, 5.74) is 21.2. The molecule has 0 aromatic carbocycles. The van der Waals surface area contributed by atoms with Crippen molar-refractivity contribution in [2.75, 3.05) is 0 Å². The van der Waals surface area contributed by atoms with E-state index >= 15 is 0 Å². The van der Waals surface area contributed by atoms with Crippen molar-refractivity contribution in [3.63, 3.8) is 0 Å². The standard InChI is InChI=1S/C9H13N9S/c1-4-14-5(15-7(10)11)2-18(4)6-3-19-9(16-6)17-8(12)13/h2-3H,1H3,(H4,10,11,15)(H4,12,13,16,17). The highest BCUT2D eigenvalue weighted by atomic mass is 32.1. The number of guanidine groups is 2. The Bertz CT molecular complexity index is 642. The van der Waals surface area contributed by atoms with Crippen LogP contribution in [-0.2, 0) is 0 Å². The number of aromatic nitrogens is 3. The molecule has 100 valence electrons. The maximum Gasteiger partial charge on any atom is 0.214 e. The Morgan fingerprint density at radius 2 is 1.84 bits per heavy atom. The highest BCUT2D eigenvalue weighted by Gasteiger charge is 2.09. The maximum atomic E-state index is 5.30. The summed E-state index contributed by atoms with van der Waals surface area (Å²) in [5, 5.41) is 2.27. The fourth-order valence-corrected chi connectivity index (χ4v) is 2.09. The summed E-state index contributed by atoms with van der Waals surface area (Å²) in [6.07, 6.45) is 1.67. The van der Waals surface area contributed by atoms with Gasteiger partial charge >= 0.3 is 0 Å². The molecule has 2 aromatic heterocycles. The number of hydrogen-bond acceptors (Lipinski definition) is 5. The molecular weight excluding hydrogens is 266 g/mol. The van der Waals surface area contributed by atoms with Crippen molar-refractivity contribution in [2.45, 2.75) is 6.92 Å². The Balaban J connectivity index is 2.37. The molecule has 2 rings (SSSR count). The Hall–Kier alpha value is -2.62. The van der Waals surface area contributed by atoms with Gasteiger partial charge in [0, 0.05) is 5.38 Å². The molecule has 0 fully saturated rings. The van der Waals surface area contributed by atoms with Crippen LogP contribution in [0.4, 0.5) is 10.9 Å². The zero-order valence-corrected chi connectivity index (χ0v) is 10.9. The number of thiazole rings is 1. The van der Waals surface area contributed by atoms with Crippen molar-refractivity contribution in [3.8, 4) is 5.82 Å². The molecule has 0 spiro atoms. The zero-order chi connectivity index (χ0) is 14.0. The van der Waals surface area contributed by atoms with Gasteiger partial charge in [0.1, 0.15) is 5.82 Å². The van der Waals surface area contributed by atoms with E-state index in [1.807, 2.05) is 6.92 Å². The topological polar surface area (TPSA) is 160 Å². The molecule has 9 nitrogen and oxygen atoms in total. The normalized spacial score (nSPS) is 10.2. The van der Waals surface area contributed by atoms with E-state index in [-0.39, 0.29) is 11.9 Å². The molecule has 0 aliphatic carbocycles. The first-order valence-corrected chi connectivity index (χ1v) is 6.05. The van der Waals surface area contributed by atoms with Crippen LogP contribution in [0.3, 0.4) is 0 Å². The summed E-state index contributed by atoms with van der Waals surface area (Å²) in [6.45, 7) is 1.81. The van der Waals surface area contributed by atoms with Gasteiger partial charge in [-0.25, -0.2) is 9.97 Å². The highest BCUT2D eigenvalue weighted by Crippen LogP contribution is 2.23. The summed E-state index contributed by atoms with van der Waals surface area (Å²) in [4.78, 5) is 16.2. The number of aryl methyl sites for hydroxylation is 1. The molecule has 8 N–H and O–H groups in total. The lowest BCUT2D eigenvalue weighted by molar-refractivity contribution is 0.943. The van der Waals surface area contributed by atoms with E-state index in [0.29, 0.717) is 22.6 Å². The smallest absolute Gasteiger partial charge is 0.214 e. The van der Waals surface area contributed by atoms with Crippen molar-refractivity contribution in [1.82, 2.24) is 14.5 Å². The van der Waals surface area contributed by atoms with Crippen LogP contribution in [0.25, 0.3) is 5.82 Å². The van der Waals surface area contributed by atoms with Crippen LogP contribution in [0.15, 0.2) is 21.6 Å². The molecule has 10 heteroatoms. The molecule has 0 saturated heterocycles. The Morgan fingerprint density at radius 1 is 1.16 bits per heavy atom. The van der Waals surface area contributed by atoms with Gasteiger partial charge in [-0.05, 0) is 6.92 Å². The second kappa shape index (κ2) is 4.94. The third-order valence-electron chi connectivity index (χ3n) is 2.06. The largest absolute Gasteiger partial charge is 0.370 e. The van der Waals surface area contributed by atoms with Crippen molar-refractivity contribution in [1.29, 1.82) is 0 Å². The fourth-order valence-electron chi connectivity index (χ4n) is 1.40. The summed E-state index contributed by atoms with van der Waals surface area (Å²) in [7, 11) is 0. The van der Waals surface area contributed by atoms with E-state index in [9.17, 15) is 0 Å². The average Bonchev–Trinajstić information content (AvgIpc) is 2.83. The molecule has 0 bridgehead atoms. The van der Waals surface area contributed by atoms with E-state index in [4.69, 9.17) is 22.9 Å². The van der Waals surface area contributed by atoms with Gasteiger partial charge in [-0.1, -0.05) is 0 Å². The first-order chi connectivity index (χ1) is 8.95. The van der Waals surface area contributed by atoms with Gasteiger partial charge in [0.05, 0.1) is 6.20 Å². The van der Waals surface area contributed by atoms with Crippen LogP contribution >= 0.6 is 11.3 Å². The summed E-state index contributed by atoms with van der Waals surface area (Å²) < 4.78 is 1.74. The SMILES string of the molecule is Cc1nc(N=C(N)N)cn1-c1csc(N=C(N)N)n1. The molecule has 0 aliphatic heterocycles. The summed E-state index contributed by atoms with van der Waals surface area (Å²) in [5.74, 6) is 1.66. The number of rotatable bonds is 3. The molecular formula is C9H13N9S. The van der Waals surface area contributed by atoms with E-state index in [0.717, 1.165) is 0 Å². The molecule has 0 atom stereocenters. The minimum Gasteiger partial charge on any atom is -0.370 e. The van der Waals surface area contributed by atoms with E-state index in [1.54, 1.807) is 16.1 Å². The van der Waals surface area contributed by atoms with Crippen molar-refractivity contribution < 1.29 is 0 Å². The quantitative estimate of drug-likeness (QED) is 0.435. The molecule has 0 aliphatic rings. The first kappa shape index (κ1) is 12.8. The van der Waals surface area contributed by atoms with Crippen LogP contribution in [0, 0.1) is 6.92 Å². The molecule has 0 radical (unpaired) electrons. The first-order valence-electron chi connectivity index (χ1n) is 5.17. The van der Waals surface area contributed by atoms with Crippen molar-refractivity contribution >= 4 is 34.2 Å². The number of nitrogens with two attached hydrogens (primary N) is 4. The molecule has 0 saturated carbocycles.